The topological polar surface area (TPSA) is 40.1 Å². The predicted octanol–water partition coefficient (Wildman–Crippen LogP) is 1.40. The van der Waals surface area contributed by atoms with Crippen LogP contribution in [0.2, 0.25) is 0 Å². The molecule has 14 heavy (non-hydrogen) atoms. The molecule has 0 spiro atoms. The number of hydrogen-bond acceptors (Lipinski definition) is 2. The minimum Gasteiger partial charge on any atom is -0.550 e. The first-order chi connectivity index (χ1) is 6.68. The number of rotatable bonds is 5. The molecule has 0 saturated heterocycles. The van der Waals surface area contributed by atoms with E-state index in [0.29, 0.717) is 12.3 Å². The van der Waals surface area contributed by atoms with Gasteiger partial charge < -0.3 is 9.90 Å². The molecule has 0 aromatic heterocycles. The first kappa shape index (κ1) is 10.8. The minimum atomic E-state index is -0.954. The molecule has 0 heterocycles. The molecule has 0 aliphatic heterocycles. The molecule has 2 nitrogen and oxygen atoms in total. The smallest absolute Gasteiger partial charge is 0.0414 e. The van der Waals surface area contributed by atoms with Crippen molar-refractivity contribution in [3.8, 4) is 0 Å². The van der Waals surface area contributed by atoms with Gasteiger partial charge in [0.15, 0.2) is 0 Å². The third-order valence-corrected chi connectivity index (χ3v) is 2.27. The molecule has 1 aromatic carbocycles. The molecule has 76 valence electrons. The van der Waals surface area contributed by atoms with E-state index in [1.807, 2.05) is 18.2 Å². The number of carboxylic acids is 1. The Morgan fingerprint density at radius 2 is 2.00 bits per heavy atom. The molecule has 0 saturated carbocycles. The normalized spacial score (nSPS) is 12.4. The van der Waals surface area contributed by atoms with Crippen molar-refractivity contribution < 1.29 is 9.90 Å². The van der Waals surface area contributed by atoms with Crippen molar-refractivity contribution in [2.45, 2.75) is 26.2 Å². The summed E-state index contributed by atoms with van der Waals surface area (Å²) < 4.78 is 0. The van der Waals surface area contributed by atoms with Gasteiger partial charge >= 0.3 is 0 Å². The summed E-state index contributed by atoms with van der Waals surface area (Å²) in [7, 11) is 0. The average molecular weight is 191 g/mol. The maximum absolute atomic E-state index is 10.2. The molecule has 1 atom stereocenters. The average Bonchev–Trinajstić information content (AvgIpc) is 2.16. The van der Waals surface area contributed by atoms with Crippen molar-refractivity contribution in [3.63, 3.8) is 0 Å². The zero-order valence-corrected chi connectivity index (χ0v) is 8.40. The highest BCUT2D eigenvalue weighted by Crippen LogP contribution is 2.12. The van der Waals surface area contributed by atoms with Crippen LogP contribution in [0.15, 0.2) is 30.3 Å². The van der Waals surface area contributed by atoms with Crippen LogP contribution in [-0.4, -0.2) is 5.97 Å². The Labute approximate surface area is 84.6 Å². The van der Waals surface area contributed by atoms with Gasteiger partial charge in [0.1, 0.15) is 0 Å². The molecular weight excluding hydrogens is 176 g/mol. The number of carbonyl (C=O) groups is 1. The Balaban J connectivity index is 2.34. The zero-order valence-electron chi connectivity index (χ0n) is 8.40. The summed E-state index contributed by atoms with van der Waals surface area (Å²) in [5.41, 5.74) is 1.26. The van der Waals surface area contributed by atoms with Crippen LogP contribution in [0.1, 0.15) is 25.3 Å². The summed E-state index contributed by atoms with van der Waals surface area (Å²) >= 11 is 0. The molecule has 0 aliphatic rings. The fraction of sp³-hybridized carbons (Fsp3) is 0.417. The van der Waals surface area contributed by atoms with Gasteiger partial charge in [0.05, 0.1) is 0 Å². The lowest BCUT2D eigenvalue weighted by atomic mass is 9.97. The molecular formula is C12H15O2-. The molecule has 0 aliphatic carbocycles. The van der Waals surface area contributed by atoms with Crippen molar-refractivity contribution in [1.82, 2.24) is 0 Å². The van der Waals surface area contributed by atoms with Crippen LogP contribution in [0.4, 0.5) is 0 Å². The Morgan fingerprint density at radius 1 is 1.36 bits per heavy atom. The van der Waals surface area contributed by atoms with Crippen molar-refractivity contribution in [1.29, 1.82) is 0 Å². The van der Waals surface area contributed by atoms with Crippen LogP contribution in [0, 0.1) is 5.92 Å². The van der Waals surface area contributed by atoms with E-state index in [1.165, 1.54) is 5.56 Å². The van der Waals surface area contributed by atoms with E-state index in [-0.39, 0.29) is 6.42 Å². The standard InChI is InChI=1S/C12H16O2/c1-10(7-8-12(13)14)9-11-5-3-2-4-6-11/h2-6,10H,7-9H2,1H3,(H,13,14)/p-1/t10-/m1/s1. The second-order valence-electron chi connectivity index (χ2n) is 3.71. The molecule has 0 bridgehead atoms. The van der Waals surface area contributed by atoms with Crippen molar-refractivity contribution in [3.05, 3.63) is 35.9 Å². The molecule has 0 N–H and O–H groups in total. The lowest BCUT2D eigenvalue weighted by Gasteiger charge is -2.11. The number of carbonyl (C=O) groups excluding carboxylic acids is 1. The SMILES string of the molecule is C[C@H](CCC(=O)[O-])Cc1ccccc1. The molecule has 0 radical (unpaired) electrons. The van der Waals surface area contributed by atoms with E-state index < -0.39 is 5.97 Å². The van der Waals surface area contributed by atoms with Crippen LogP contribution in [-0.2, 0) is 11.2 Å². The Kier molecular flexibility index (Phi) is 4.17. The van der Waals surface area contributed by atoms with Crippen molar-refractivity contribution >= 4 is 5.97 Å². The molecule has 0 fully saturated rings. The number of aliphatic carboxylic acids is 1. The Bertz CT molecular complexity index is 280. The molecule has 0 unspecified atom stereocenters. The highest BCUT2D eigenvalue weighted by Gasteiger charge is 2.03. The lowest BCUT2D eigenvalue weighted by molar-refractivity contribution is -0.306. The summed E-state index contributed by atoms with van der Waals surface area (Å²) in [6.45, 7) is 2.07. The quantitative estimate of drug-likeness (QED) is 0.705. The van der Waals surface area contributed by atoms with Gasteiger partial charge in [-0.1, -0.05) is 37.3 Å². The van der Waals surface area contributed by atoms with Gasteiger partial charge in [0, 0.05) is 5.97 Å². The second kappa shape index (κ2) is 5.43. The Morgan fingerprint density at radius 3 is 2.57 bits per heavy atom. The fourth-order valence-electron chi connectivity index (χ4n) is 1.48. The maximum atomic E-state index is 10.2. The maximum Gasteiger partial charge on any atom is 0.0414 e. The highest BCUT2D eigenvalue weighted by molar-refractivity contribution is 5.64. The molecule has 2 heteroatoms. The van der Waals surface area contributed by atoms with Gasteiger partial charge in [0.25, 0.3) is 0 Å². The highest BCUT2D eigenvalue weighted by atomic mass is 16.4. The van der Waals surface area contributed by atoms with Gasteiger partial charge in [-0.2, -0.15) is 0 Å². The molecule has 0 amide bonds. The van der Waals surface area contributed by atoms with Gasteiger partial charge in [-0.3, -0.25) is 0 Å². The first-order valence-corrected chi connectivity index (χ1v) is 4.92. The van der Waals surface area contributed by atoms with Gasteiger partial charge in [0.2, 0.25) is 0 Å². The lowest BCUT2D eigenvalue weighted by Crippen LogP contribution is -2.22. The van der Waals surface area contributed by atoms with Crippen LogP contribution >= 0.6 is 0 Å². The predicted molar refractivity (Wildman–Crippen MR) is 53.6 cm³/mol. The van der Waals surface area contributed by atoms with Gasteiger partial charge in [-0.25, -0.2) is 0 Å². The minimum absolute atomic E-state index is 0.161. The van der Waals surface area contributed by atoms with E-state index >= 15 is 0 Å². The summed E-state index contributed by atoms with van der Waals surface area (Å²) in [5.74, 6) is -0.555. The van der Waals surface area contributed by atoms with Crippen molar-refractivity contribution in [2.24, 2.45) is 5.92 Å². The van der Waals surface area contributed by atoms with Crippen LogP contribution < -0.4 is 5.11 Å². The monoisotopic (exact) mass is 191 g/mol. The second-order valence-corrected chi connectivity index (χ2v) is 3.71. The third kappa shape index (κ3) is 4.08. The number of benzene rings is 1. The molecule has 1 rings (SSSR count). The third-order valence-electron chi connectivity index (χ3n) is 2.27. The summed E-state index contributed by atoms with van der Waals surface area (Å²) in [5, 5.41) is 10.2. The van der Waals surface area contributed by atoms with E-state index in [1.54, 1.807) is 0 Å². The van der Waals surface area contributed by atoms with E-state index in [0.717, 1.165) is 6.42 Å². The number of carboxylic acid groups (broad SMARTS) is 1. The Hall–Kier alpha value is -1.31. The van der Waals surface area contributed by atoms with Gasteiger partial charge in [-0.15, -0.1) is 0 Å². The molecule has 1 aromatic rings. The van der Waals surface area contributed by atoms with Crippen molar-refractivity contribution in [2.75, 3.05) is 0 Å². The van der Waals surface area contributed by atoms with Gasteiger partial charge in [-0.05, 0) is 30.7 Å². The van der Waals surface area contributed by atoms with Crippen LogP contribution in [0.3, 0.4) is 0 Å². The fourth-order valence-corrected chi connectivity index (χ4v) is 1.48. The van der Waals surface area contributed by atoms with Crippen LogP contribution in [0.5, 0.6) is 0 Å². The number of hydrogen-bond donors (Lipinski definition) is 0. The zero-order chi connectivity index (χ0) is 10.4. The largest absolute Gasteiger partial charge is 0.550 e. The summed E-state index contributed by atoms with van der Waals surface area (Å²) in [4.78, 5) is 10.2. The van der Waals surface area contributed by atoms with Crippen LogP contribution in [0.25, 0.3) is 0 Å². The van der Waals surface area contributed by atoms with E-state index in [9.17, 15) is 9.90 Å². The van der Waals surface area contributed by atoms with E-state index in [2.05, 4.69) is 19.1 Å². The summed E-state index contributed by atoms with van der Waals surface area (Å²) in [6, 6.07) is 10.1. The summed E-state index contributed by atoms with van der Waals surface area (Å²) in [6.07, 6.45) is 1.79. The van der Waals surface area contributed by atoms with E-state index in [4.69, 9.17) is 0 Å². The first-order valence-electron chi connectivity index (χ1n) is 4.92.